The Morgan fingerprint density at radius 2 is 2.00 bits per heavy atom. The number of thiazole rings is 1. The molecular formula is C17H21N3O3S. The van der Waals surface area contributed by atoms with Gasteiger partial charge in [-0.3, -0.25) is 9.59 Å². The molecule has 0 bridgehead atoms. The molecule has 0 aliphatic heterocycles. The average Bonchev–Trinajstić information content (AvgIpc) is 2.99. The average molecular weight is 347 g/mol. The Labute approximate surface area is 144 Å². The van der Waals surface area contributed by atoms with Crippen molar-refractivity contribution in [3.63, 3.8) is 0 Å². The number of rotatable bonds is 9. The lowest BCUT2D eigenvalue weighted by molar-refractivity contribution is -0.137. The summed E-state index contributed by atoms with van der Waals surface area (Å²) in [6.45, 7) is 2.48. The second-order valence-corrected chi connectivity index (χ2v) is 6.20. The van der Waals surface area contributed by atoms with Gasteiger partial charge in [0, 0.05) is 24.0 Å². The van der Waals surface area contributed by atoms with E-state index in [4.69, 9.17) is 5.11 Å². The summed E-state index contributed by atoms with van der Waals surface area (Å²) in [4.78, 5) is 26.6. The molecule has 0 atom stereocenters. The van der Waals surface area contributed by atoms with Crippen molar-refractivity contribution in [3.8, 4) is 0 Å². The number of amides is 1. The van der Waals surface area contributed by atoms with Gasteiger partial charge < -0.3 is 15.7 Å². The van der Waals surface area contributed by atoms with Gasteiger partial charge in [0.1, 0.15) is 0 Å². The lowest BCUT2D eigenvalue weighted by Gasteiger charge is -2.04. The molecular weight excluding hydrogens is 326 g/mol. The van der Waals surface area contributed by atoms with E-state index in [0.29, 0.717) is 18.7 Å². The number of nitrogens with zero attached hydrogens (tertiary/aromatic N) is 1. The molecule has 0 spiro atoms. The van der Waals surface area contributed by atoms with Crippen LogP contribution in [0.1, 0.15) is 31.0 Å². The fraction of sp³-hybridized carbons (Fsp3) is 0.353. The number of carboxylic acids is 1. The summed E-state index contributed by atoms with van der Waals surface area (Å²) in [5, 5.41) is 17.1. The molecule has 2 rings (SSSR count). The Hall–Kier alpha value is -2.41. The zero-order chi connectivity index (χ0) is 17.4. The first kappa shape index (κ1) is 17.9. The van der Waals surface area contributed by atoms with E-state index >= 15 is 0 Å². The minimum Gasteiger partial charge on any atom is -0.481 e. The second-order valence-electron chi connectivity index (χ2n) is 5.34. The lowest BCUT2D eigenvalue weighted by Crippen LogP contribution is -2.26. The fourth-order valence-electron chi connectivity index (χ4n) is 2.09. The highest BCUT2D eigenvalue weighted by atomic mass is 32.1. The number of carboxylic acid groups (broad SMARTS) is 1. The molecule has 6 nitrogen and oxygen atoms in total. The van der Waals surface area contributed by atoms with Crippen molar-refractivity contribution in [2.24, 2.45) is 0 Å². The summed E-state index contributed by atoms with van der Waals surface area (Å²) in [6, 6.07) is 8.16. The molecule has 0 aliphatic rings. The molecule has 0 radical (unpaired) electrons. The van der Waals surface area contributed by atoms with Gasteiger partial charge in [-0.1, -0.05) is 19.1 Å². The molecule has 2 aromatic rings. The monoisotopic (exact) mass is 347 g/mol. The van der Waals surface area contributed by atoms with E-state index in [1.165, 1.54) is 16.9 Å². The summed E-state index contributed by atoms with van der Waals surface area (Å²) in [6.07, 6.45) is 1.68. The standard InChI is InChI=1S/C17H21N3O3S/c1-2-12-5-7-13(8-6-12)19-17-20-14(11-24-17)10-15(21)18-9-3-4-16(22)23/h5-8,11H,2-4,9-10H2,1H3,(H,18,21)(H,19,20)(H,22,23). The molecule has 24 heavy (non-hydrogen) atoms. The van der Waals surface area contributed by atoms with E-state index in [1.54, 1.807) is 0 Å². The van der Waals surface area contributed by atoms with E-state index < -0.39 is 5.97 Å². The topological polar surface area (TPSA) is 91.3 Å². The van der Waals surface area contributed by atoms with Crippen LogP contribution in [-0.2, 0) is 22.4 Å². The number of hydrogen-bond acceptors (Lipinski definition) is 5. The Morgan fingerprint density at radius 3 is 2.67 bits per heavy atom. The van der Waals surface area contributed by atoms with Gasteiger partial charge in [0.05, 0.1) is 12.1 Å². The summed E-state index contributed by atoms with van der Waals surface area (Å²) >= 11 is 1.45. The van der Waals surface area contributed by atoms with Crippen LogP contribution in [0.15, 0.2) is 29.6 Å². The molecule has 0 saturated heterocycles. The number of anilines is 2. The van der Waals surface area contributed by atoms with Crippen LogP contribution in [0, 0.1) is 0 Å². The van der Waals surface area contributed by atoms with Gasteiger partial charge in [0.2, 0.25) is 5.91 Å². The van der Waals surface area contributed by atoms with Crippen LogP contribution in [0.3, 0.4) is 0 Å². The Bertz CT molecular complexity index is 683. The third kappa shape index (κ3) is 6.00. The predicted octanol–water partition coefficient (Wildman–Crippen LogP) is 2.97. The minimum atomic E-state index is -0.855. The van der Waals surface area contributed by atoms with Gasteiger partial charge in [-0.15, -0.1) is 11.3 Å². The number of benzene rings is 1. The maximum atomic E-state index is 11.8. The Balaban J connectivity index is 1.79. The highest BCUT2D eigenvalue weighted by molar-refractivity contribution is 7.13. The number of carbonyl (C=O) groups excluding carboxylic acids is 1. The first-order valence-electron chi connectivity index (χ1n) is 7.85. The van der Waals surface area contributed by atoms with Crippen LogP contribution < -0.4 is 10.6 Å². The predicted molar refractivity (Wildman–Crippen MR) is 94.8 cm³/mol. The number of aliphatic carboxylic acids is 1. The van der Waals surface area contributed by atoms with Crippen LogP contribution in [0.4, 0.5) is 10.8 Å². The van der Waals surface area contributed by atoms with Crippen molar-refractivity contribution in [3.05, 3.63) is 40.9 Å². The van der Waals surface area contributed by atoms with Crippen LogP contribution in [0.5, 0.6) is 0 Å². The first-order valence-corrected chi connectivity index (χ1v) is 8.73. The van der Waals surface area contributed by atoms with Gasteiger partial charge in [-0.2, -0.15) is 0 Å². The van der Waals surface area contributed by atoms with Crippen molar-refractivity contribution in [1.82, 2.24) is 10.3 Å². The zero-order valence-electron chi connectivity index (χ0n) is 13.5. The van der Waals surface area contributed by atoms with Crippen molar-refractivity contribution in [2.75, 3.05) is 11.9 Å². The van der Waals surface area contributed by atoms with Crippen molar-refractivity contribution >= 4 is 34.0 Å². The first-order chi connectivity index (χ1) is 11.6. The lowest BCUT2D eigenvalue weighted by atomic mass is 10.1. The number of aryl methyl sites for hydroxylation is 1. The van der Waals surface area contributed by atoms with Crippen molar-refractivity contribution in [1.29, 1.82) is 0 Å². The molecule has 0 fully saturated rings. The molecule has 3 N–H and O–H groups in total. The number of carbonyl (C=O) groups is 2. The number of nitrogens with one attached hydrogen (secondary N) is 2. The molecule has 128 valence electrons. The van der Waals surface area contributed by atoms with E-state index in [-0.39, 0.29) is 18.7 Å². The molecule has 0 aliphatic carbocycles. The van der Waals surface area contributed by atoms with E-state index in [0.717, 1.165) is 17.2 Å². The molecule has 0 saturated carbocycles. The number of aromatic nitrogens is 1. The smallest absolute Gasteiger partial charge is 0.303 e. The van der Waals surface area contributed by atoms with E-state index in [1.807, 2.05) is 17.5 Å². The Morgan fingerprint density at radius 1 is 1.25 bits per heavy atom. The molecule has 1 aromatic heterocycles. The summed E-state index contributed by atoms with van der Waals surface area (Å²) in [7, 11) is 0. The normalized spacial score (nSPS) is 10.4. The maximum Gasteiger partial charge on any atom is 0.303 e. The number of hydrogen-bond donors (Lipinski definition) is 3. The molecule has 1 heterocycles. The zero-order valence-corrected chi connectivity index (χ0v) is 14.4. The maximum absolute atomic E-state index is 11.8. The summed E-state index contributed by atoms with van der Waals surface area (Å²) in [5.41, 5.74) is 2.94. The molecule has 1 aromatic carbocycles. The highest BCUT2D eigenvalue weighted by Gasteiger charge is 2.08. The van der Waals surface area contributed by atoms with E-state index in [2.05, 4.69) is 34.7 Å². The summed E-state index contributed by atoms with van der Waals surface area (Å²) < 4.78 is 0. The fourth-order valence-corrected chi connectivity index (χ4v) is 2.82. The van der Waals surface area contributed by atoms with Crippen molar-refractivity contribution in [2.45, 2.75) is 32.6 Å². The van der Waals surface area contributed by atoms with Crippen LogP contribution >= 0.6 is 11.3 Å². The van der Waals surface area contributed by atoms with Gasteiger partial charge >= 0.3 is 5.97 Å². The Kier molecular flexibility index (Phi) is 6.74. The van der Waals surface area contributed by atoms with Crippen LogP contribution in [0.25, 0.3) is 0 Å². The SMILES string of the molecule is CCc1ccc(Nc2nc(CC(=O)NCCCC(=O)O)cs2)cc1. The van der Waals surface area contributed by atoms with E-state index in [9.17, 15) is 9.59 Å². The molecule has 1 amide bonds. The van der Waals surface area contributed by atoms with Gasteiger partial charge in [0.25, 0.3) is 0 Å². The highest BCUT2D eigenvalue weighted by Crippen LogP contribution is 2.21. The molecule has 7 heteroatoms. The van der Waals surface area contributed by atoms with Gasteiger partial charge in [0.15, 0.2) is 5.13 Å². The quantitative estimate of drug-likeness (QED) is 0.607. The molecule has 0 unspecified atom stereocenters. The van der Waals surface area contributed by atoms with Gasteiger partial charge in [-0.05, 0) is 30.5 Å². The third-order valence-corrected chi connectivity index (χ3v) is 4.20. The third-order valence-electron chi connectivity index (χ3n) is 3.40. The minimum absolute atomic E-state index is 0.0574. The van der Waals surface area contributed by atoms with Crippen LogP contribution in [0.2, 0.25) is 0 Å². The largest absolute Gasteiger partial charge is 0.481 e. The van der Waals surface area contributed by atoms with Crippen molar-refractivity contribution < 1.29 is 14.7 Å². The second kappa shape index (κ2) is 9.02. The van der Waals surface area contributed by atoms with Gasteiger partial charge in [-0.25, -0.2) is 4.98 Å². The van der Waals surface area contributed by atoms with Crippen LogP contribution in [-0.4, -0.2) is 28.5 Å². The summed E-state index contributed by atoms with van der Waals surface area (Å²) in [5.74, 6) is -1.00.